The van der Waals surface area contributed by atoms with Gasteiger partial charge in [-0.05, 0) is 64.2 Å². The third-order valence-corrected chi connectivity index (χ3v) is 7.29. The molecular weight excluding hydrogens is 554 g/mol. The molecule has 0 aliphatic heterocycles. The molecule has 0 spiro atoms. The van der Waals surface area contributed by atoms with Crippen LogP contribution in [-0.4, -0.2) is 38.9 Å². The number of hydrogen-bond acceptors (Lipinski definition) is 6. The van der Waals surface area contributed by atoms with Crippen molar-refractivity contribution in [1.29, 1.82) is 0 Å². The van der Waals surface area contributed by atoms with Crippen molar-refractivity contribution in [2.45, 2.75) is 38.4 Å². The van der Waals surface area contributed by atoms with Gasteiger partial charge >= 0.3 is 0 Å². The minimum Gasteiger partial charge on any atom is -0.483 e. The summed E-state index contributed by atoms with van der Waals surface area (Å²) < 4.78 is 8.23. The first-order chi connectivity index (χ1) is 16.6. The predicted molar refractivity (Wildman–Crippen MR) is 142 cm³/mol. The summed E-state index contributed by atoms with van der Waals surface area (Å²) in [6.45, 7) is 6.26. The monoisotopic (exact) mass is 579 g/mol. The van der Waals surface area contributed by atoms with Crippen molar-refractivity contribution >= 4 is 56.8 Å². The minimum absolute atomic E-state index is 0.0936. The van der Waals surface area contributed by atoms with Crippen molar-refractivity contribution in [3.63, 3.8) is 0 Å². The van der Waals surface area contributed by atoms with E-state index in [9.17, 15) is 9.59 Å². The number of rotatable bonds is 10. The zero-order valence-corrected chi connectivity index (χ0v) is 23.1. The highest BCUT2D eigenvalue weighted by Gasteiger charge is 2.14. The summed E-state index contributed by atoms with van der Waals surface area (Å²) in [7, 11) is 1.79. The summed E-state index contributed by atoms with van der Waals surface area (Å²) >= 11 is 10.6. The van der Waals surface area contributed by atoms with E-state index in [4.69, 9.17) is 16.3 Å². The second-order valence-corrected chi connectivity index (χ2v) is 10.4. The standard InChI is InChI=1S/C24H27BrClN5O3S/c1-14(2)17-7-5-15(3)9-20(17)34-12-22(32)27-11-21-29-30-24(31(21)4)35-13-23(33)28-16-6-8-19(26)18(25)10-16/h5-10,14H,11-13H2,1-4H3,(H,27,32)(H,28,33). The van der Waals surface area contributed by atoms with Gasteiger partial charge in [-0.2, -0.15) is 0 Å². The van der Waals surface area contributed by atoms with Gasteiger partial charge in [-0.1, -0.05) is 49.3 Å². The molecule has 0 fully saturated rings. The molecule has 0 unspecified atom stereocenters. The van der Waals surface area contributed by atoms with Gasteiger partial charge in [0, 0.05) is 17.2 Å². The number of ether oxygens (including phenoxy) is 1. The Morgan fingerprint density at radius 3 is 2.66 bits per heavy atom. The lowest BCUT2D eigenvalue weighted by molar-refractivity contribution is -0.123. The lowest BCUT2D eigenvalue weighted by Crippen LogP contribution is -2.29. The van der Waals surface area contributed by atoms with Crippen LogP contribution < -0.4 is 15.4 Å². The van der Waals surface area contributed by atoms with Crippen LogP contribution in [0.4, 0.5) is 5.69 Å². The second kappa shape index (κ2) is 12.4. The van der Waals surface area contributed by atoms with Gasteiger partial charge in [0.05, 0.1) is 17.3 Å². The summed E-state index contributed by atoms with van der Waals surface area (Å²) in [5.41, 5.74) is 2.77. The number of anilines is 1. The number of aryl methyl sites for hydroxylation is 1. The molecule has 0 aliphatic rings. The molecule has 0 bridgehead atoms. The van der Waals surface area contributed by atoms with E-state index in [2.05, 4.69) is 50.6 Å². The Bertz CT molecular complexity index is 1220. The topological polar surface area (TPSA) is 98.1 Å². The number of carbonyl (C=O) groups is 2. The molecule has 35 heavy (non-hydrogen) atoms. The maximum Gasteiger partial charge on any atom is 0.258 e. The van der Waals surface area contributed by atoms with Crippen LogP contribution in [0.3, 0.4) is 0 Å². The van der Waals surface area contributed by atoms with Gasteiger partial charge in [0.15, 0.2) is 17.6 Å². The van der Waals surface area contributed by atoms with E-state index in [-0.39, 0.29) is 30.7 Å². The zero-order chi connectivity index (χ0) is 25.5. The molecule has 3 aromatic rings. The molecule has 2 N–H and O–H groups in total. The molecular formula is C24H27BrClN5O3S. The van der Waals surface area contributed by atoms with E-state index in [1.807, 2.05) is 25.1 Å². The van der Waals surface area contributed by atoms with Crippen molar-refractivity contribution in [2.24, 2.45) is 7.05 Å². The predicted octanol–water partition coefficient (Wildman–Crippen LogP) is 5.09. The molecule has 0 saturated carbocycles. The van der Waals surface area contributed by atoms with Crippen LogP contribution in [0, 0.1) is 6.92 Å². The van der Waals surface area contributed by atoms with E-state index < -0.39 is 0 Å². The zero-order valence-electron chi connectivity index (χ0n) is 19.9. The highest BCUT2D eigenvalue weighted by atomic mass is 79.9. The van der Waals surface area contributed by atoms with Gasteiger partial charge in [0.1, 0.15) is 5.75 Å². The highest BCUT2D eigenvalue weighted by Crippen LogP contribution is 2.28. The average Bonchev–Trinajstić information content (AvgIpc) is 3.16. The first kappa shape index (κ1) is 27.0. The lowest BCUT2D eigenvalue weighted by atomic mass is 10.0. The highest BCUT2D eigenvalue weighted by molar-refractivity contribution is 9.10. The van der Waals surface area contributed by atoms with Crippen molar-refractivity contribution in [3.05, 3.63) is 62.8 Å². The molecule has 11 heteroatoms. The second-order valence-electron chi connectivity index (χ2n) is 8.18. The fourth-order valence-electron chi connectivity index (χ4n) is 3.14. The van der Waals surface area contributed by atoms with E-state index >= 15 is 0 Å². The largest absolute Gasteiger partial charge is 0.483 e. The number of hydrogen-bond donors (Lipinski definition) is 2. The van der Waals surface area contributed by atoms with E-state index in [0.29, 0.717) is 32.1 Å². The SMILES string of the molecule is Cc1ccc(C(C)C)c(OCC(=O)NCc2nnc(SCC(=O)Nc3ccc(Cl)c(Br)c3)n2C)c1. The summed E-state index contributed by atoms with van der Waals surface area (Å²) in [6, 6.07) is 11.2. The fourth-order valence-corrected chi connectivity index (χ4v) is 4.37. The molecule has 2 aromatic carbocycles. The van der Waals surface area contributed by atoms with Crippen LogP contribution in [0.25, 0.3) is 0 Å². The van der Waals surface area contributed by atoms with Gasteiger partial charge < -0.3 is 19.9 Å². The molecule has 0 radical (unpaired) electrons. The smallest absolute Gasteiger partial charge is 0.258 e. The van der Waals surface area contributed by atoms with Crippen molar-refractivity contribution < 1.29 is 14.3 Å². The Morgan fingerprint density at radius 1 is 1.17 bits per heavy atom. The molecule has 186 valence electrons. The van der Waals surface area contributed by atoms with Crippen LogP contribution >= 0.6 is 39.3 Å². The minimum atomic E-state index is -0.257. The first-order valence-electron chi connectivity index (χ1n) is 10.9. The maximum atomic E-state index is 12.3. The number of amides is 2. The number of aromatic nitrogens is 3. The average molecular weight is 581 g/mol. The number of carbonyl (C=O) groups excluding carboxylic acids is 2. The lowest BCUT2D eigenvalue weighted by Gasteiger charge is -2.14. The Morgan fingerprint density at radius 2 is 1.94 bits per heavy atom. The molecule has 3 rings (SSSR count). The van der Waals surface area contributed by atoms with Crippen LogP contribution in [0.1, 0.15) is 36.7 Å². The Kier molecular flexibility index (Phi) is 9.59. The summed E-state index contributed by atoms with van der Waals surface area (Å²) in [5.74, 6) is 1.29. The van der Waals surface area contributed by atoms with Crippen molar-refractivity contribution in [2.75, 3.05) is 17.7 Å². The number of nitrogens with one attached hydrogen (secondary N) is 2. The van der Waals surface area contributed by atoms with Crippen LogP contribution in [0.5, 0.6) is 5.75 Å². The van der Waals surface area contributed by atoms with E-state index in [1.54, 1.807) is 29.8 Å². The number of thioether (sulfide) groups is 1. The van der Waals surface area contributed by atoms with Gasteiger partial charge in [-0.3, -0.25) is 9.59 Å². The number of nitrogens with zero attached hydrogens (tertiary/aromatic N) is 3. The van der Waals surface area contributed by atoms with Crippen molar-refractivity contribution in [1.82, 2.24) is 20.1 Å². The number of benzene rings is 2. The Hall–Kier alpha value is -2.56. The van der Waals surface area contributed by atoms with Crippen LogP contribution in [0.2, 0.25) is 5.02 Å². The van der Waals surface area contributed by atoms with Gasteiger partial charge in [0.25, 0.3) is 5.91 Å². The molecule has 1 aromatic heterocycles. The normalized spacial score (nSPS) is 10.9. The van der Waals surface area contributed by atoms with E-state index in [0.717, 1.165) is 16.9 Å². The maximum absolute atomic E-state index is 12.3. The summed E-state index contributed by atoms with van der Waals surface area (Å²) in [4.78, 5) is 24.6. The third-order valence-electron chi connectivity index (χ3n) is 5.05. The van der Waals surface area contributed by atoms with Crippen LogP contribution in [0.15, 0.2) is 46.0 Å². The molecule has 8 nitrogen and oxygen atoms in total. The summed E-state index contributed by atoms with van der Waals surface area (Å²) in [5, 5.41) is 15.0. The number of halogens is 2. The molecule has 0 aliphatic carbocycles. The third kappa shape index (κ3) is 7.71. The molecule has 2 amide bonds. The van der Waals surface area contributed by atoms with E-state index in [1.165, 1.54) is 11.8 Å². The Balaban J connectivity index is 1.47. The van der Waals surface area contributed by atoms with Gasteiger partial charge in [-0.25, -0.2) is 0 Å². The quantitative estimate of drug-likeness (QED) is 0.324. The Labute approximate surface area is 222 Å². The van der Waals surface area contributed by atoms with Crippen molar-refractivity contribution in [3.8, 4) is 5.75 Å². The summed E-state index contributed by atoms with van der Waals surface area (Å²) in [6.07, 6.45) is 0. The molecule has 0 saturated heterocycles. The van der Waals surface area contributed by atoms with Crippen LogP contribution in [-0.2, 0) is 23.2 Å². The van der Waals surface area contributed by atoms with Gasteiger partial charge in [-0.15, -0.1) is 10.2 Å². The molecule has 1 heterocycles. The molecule has 0 atom stereocenters. The van der Waals surface area contributed by atoms with Gasteiger partial charge in [0.2, 0.25) is 5.91 Å². The first-order valence-corrected chi connectivity index (χ1v) is 13.1. The fraction of sp³-hybridized carbons (Fsp3) is 0.333.